The third-order valence-corrected chi connectivity index (χ3v) is 4.85. The molecule has 2 rings (SSSR count). The van der Waals surface area contributed by atoms with Crippen LogP contribution in [0.3, 0.4) is 0 Å². The molecule has 0 aromatic heterocycles. The Kier molecular flexibility index (Phi) is 6.58. The molecular weight excluding hydrogens is 294 g/mol. The molecule has 1 unspecified atom stereocenters. The first kappa shape index (κ1) is 17.2. The van der Waals surface area contributed by atoms with Crippen molar-refractivity contribution < 1.29 is 4.74 Å². The van der Waals surface area contributed by atoms with E-state index in [0.29, 0.717) is 0 Å². The average molecular weight is 321 g/mol. The van der Waals surface area contributed by atoms with Crippen LogP contribution in [0.4, 0.5) is 0 Å². The zero-order valence-corrected chi connectivity index (χ0v) is 14.6. The highest BCUT2D eigenvalue weighted by Crippen LogP contribution is 2.23. The smallest absolute Gasteiger partial charge is 0.191 e. The number of benzene rings is 1. The van der Waals surface area contributed by atoms with Crippen molar-refractivity contribution in [2.75, 3.05) is 32.5 Å². The summed E-state index contributed by atoms with van der Waals surface area (Å²) >= 11 is 1.85. The Hall–Kier alpha value is -1.20. The summed E-state index contributed by atoms with van der Waals surface area (Å²) in [5.41, 5.74) is 1.25. The fourth-order valence-corrected chi connectivity index (χ4v) is 3.21. The highest BCUT2D eigenvalue weighted by Gasteiger charge is 2.29. The average Bonchev–Trinajstić information content (AvgIpc) is 2.95. The fourth-order valence-electron chi connectivity index (χ4n) is 2.44. The van der Waals surface area contributed by atoms with Gasteiger partial charge in [-0.25, -0.2) is 0 Å². The van der Waals surface area contributed by atoms with Gasteiger partial charge in [0.15, 0.2) is 5.96 Å². The Labute approximate surface area is 138 Å². The lowest BCUT2D eigenvalue weighted by Gasteiger charge is -2.24. The molecule has 1 saturated heterocycles. The summed E-state index contributed by atoms with van der Waals surface area (Å²) < 4.78 is 5.78. The Morgan fingerprint density at radius 1 is 1.32 bits per heavy atom. The number of hydrogen-bond donors (Lipinski definition) is 2. The van der Waals surface area contributed by atoms with Gasteiger partial charge in [0.1, 0.15) is 0 Å². The lowest BCUT2D eigenvalue weighted by Crippen LogP contribution is -2.46. The van der Waals surface area contributed by atoms with Crippen LogP contribution in [0.5, 0.6) is 0 Å². The van der Waals surface area contributed by atoms with Gasteiger partial charge in [-0.2, -0.15) is 0 Å². The lowest BCUT2D eigenvalue weighted by molar-refractivity contribution is 0.0243. The second-order valence-corrected chi connectivity index (χ2v) is 7.08. The van der Waals surface area contributed by atoms with Gasteiger partial charge < -0.3 is 15.4 Å². The van der Waals surface area contributed by atoms with Crippen molar-refractivity contribution in [2.45, 2.75) is 37.2 Å². The molecule has 1 aromatic rings. The Balaban J connectivity index is 1.65. The third kappa shape index (κ3) is 5.54. The second kappa shape index (κ2) is 8.44. The molecule has 1 fully saturated rings. The molecule has 22 heavy (non-hydrogen) atoms. The molecule has 1 aliphatic heterocycles. The van der Waals surface area contributed by atoms with Crippen molar-refractivity contribution in [1.29, 1.82) is 0 Å². The van der Waals surface area contributed by atoms with E-state index < -0.39 is 0 Å². The van der Waals surface area contributed by atoms with E-state index in [1.54, 1.807) is 7.05 Å². The molecule has 0 radical (unpaired) electrons. The molecule has 1 aliphatic rings. The SMILES string of the molecule is CN=C(NCCSc1ccc(C)cc1)NCC1(C)CCCO1. The first-order valence-electron chi connectivity index (χ1n) is 7.89. The Morgan fingerprint density at radius 3 is 2.73 bits per heavy atom. The number of hydrogen-bond acceptors (Lipinski definition) is 3. The van der Waals surface area contributed by atoms with Crippen LogP contribution in [-0.2, 0) is 4.74 Å². The van der Waals surface area contributed by atoms with Crippen molar-refractivity contribution >= 4 is 17.7 Å². The zero-order chi connectivity index (χ0) is 15.8. The number of nitrogens with zero attached hydrogens (tertiary/aromatic N) is 1. The van der Waals surface area contributed by atoms with E-state index in [0.717, 1.165) is 44.3 Å². The molecule has 0 spiro atoms. The maximum absolute atomic E-state index is 5.78. The largest absolute Gasteiger partial charge is 0.373 e. The maximum atomic E-state index is 5.78. The maximum Gasteiger partial charge on any atom is 0.191 e. The van der Waals surface area contributed by atoms with Crippen LogP contribution in [0, 0.1) is 6.92 Å². The van der Waals surface area contributed by atoms with Gasteiger partial charge in [-0.1, -0.05) is 17.7 Å². The molecule has 122 valence electrons. The Bertz CT molecular complexity index is 481. The van der Waals surface area contributed by atoms with Crippen LogP contribution in [0.1, 0.15) is 25.3 Å². The minimum absolute atomic E-state index is 0.0474. The van der Waals surface area contributed by atoms with E-state index in [4.69, 9.17) is 4.74 Å². The van der Waals surface area contributed by atoms with E-state index in [-0.39, 0.29) is 5.60 Å². The first-order chi connectivity index (χ1) is 10.6. The van der Waals surface area contributed by atoms with E-state index in [1.807, 2.05) is 11.8 Å². The standard InChI is InChI=1S/C17H27N3OS/c1-14-5-7-15(8-6-14)22-12-10-19-16(18-3)20-13-17(2)9-4-11-21-17/h5-8H,4,9-13H2,1-3H3,(H2,18,19,20). The molecule has 1 atom stereocenters. The van der Waals surface area contributed by atoms with Gasteiger partial charge in [0.05, 0.1) is 5.60 Å². The first-order valence-corrected chi connectivity index (χ1v) is 8.88. The summed E-state index contributed by atoms with van der Waals surface area (Å²) in [4.78, 5) is 5.57. The van der Waals surface area contributed by atoms with Crippen LogP contribution in [0.15, 0.2) is 34.2 Å². The summed E-state index contributed by atoms with van der Waals surface area (Å²) in [6.07, 6.45) is 2.26. The summed E-state index contributed by atoms with van der Waals surface area (Å²) in [5.74, 6) is 1.86. The third-order valence-electron chi connectivity index (χ3n) is 3.84. The minimum atomic E-state index is -0.0474. The van der Waals surface area contributed by atoms with Crippen molar-refractivity contribution in [3.63, 3.8) is 0 Å². The fraction of sp³-hybridized carbons (Fsp3) is 0.588. The van der Waals surface area contributed by atoms with Gasteiger partial charge in [0.25, 0.3) is 0 Å². The quantitative estimate of drug-likeness (QED) is 0.366. The topological polar surface area (TPSA) is 45.7 Å². The van der Waals surface area contributed by atoms with Crippen molar-refractivity contribution in [3.8, 4) is 0 Å². The van der Waals surface area contributed by atoms with Gasteiger partial charge in [-0.05, 0) is 38.8 Å². The van der Waals surface area contributed by atoms with Crippen LogP contribution in [0.25, 0.3) is 0 Å². The molecule has 5 heteroatoms. The predicted octanol–water partition coefficient (Wildman–Crippen LogP) is 2.82. The number of aryl methyl sites for hydroxylation is 1. The van der Waals surface area contributed by atoms with Gasteiger partial charge in [0.2, 0.25) is 0 Å². The molecule has 2 N–H and O–H groups in total. The summed E-state index contributed by atoms with van der Waals surface area (Å²) in [7, 11) is 1.81. The van der Waals surface area contributed by atoms with Crippen molar-refractivity contribution in [2.24, 2.45) is 4.99 Å². The van der Waals surface area contributed by atoms with E-state index >= 15 is 0 Å². The van der Waals surface area contributed by atoms with Gasteiger partial charge in [-0.3, -0.25) is 4.99 Å². The zero-order valence-electron chi connectivity index (χ0n) is 13.8. The second-order valence-electron chi connectivity index (χ2n) is 5.92. The Morgan fingerprint density at radius 2 is 2.09 bits per heavy atom. The van der Waals surface area contributed by atoms with Crippen LogP contribution in [0.2, 0.25) is 0 Å². The van der Waals surface area contributed by atoms with Crippen LogP contribution < -0.4 is 10.6 Å². The van der Waals surface area contributed by atoms with Crippen LogP contribution in [-0.4, -0.2) is 44.1 Å². The van der Waals surface area contributed by atoms with Gasteiger partial charge in [0, 0.05) is 37.4 Å². The number of rotatable bonds is 6. The molecular formula is C17H27N3OS. The molecule has 0 aliphatic carbocycles. The molecule has 0 amide bonds. The highest BCUT2D eigenvalue weighted by molar-refractivity contribution is 7.99. The number of guanidine groups is 1. The summed E-state index contributed by atoms with van der Waals surface area (Å²) in [6.45, 7) is 6.83. The van der Waals surface area contributed by atoms with E-state index in [1.165, 1.54) is 10.5 Å². The minimum Gasteiger partial charge on any atom is -0.373 e. The van der Waals surface area contributed by atoms with E-state index in [9.17, 15) is 0 Å². The lowest BCUT2D eigenvalue weighted by atomic mass is 10.0. The molecule has 0 bridgehead atoms. The highest BCUT2D eigenvalue weighted by atomic mass is 32.2. The summed E-state index contributed by atoms with van der Waals surface area (Å²) in [5, 5.41) is 6.72. The van der Waals surface area contributed by atoms with Crippen molar-refractivity contribution in [3.05, 3.63) is 29.8 Å². The number of aliphatic imine (C=N–C) groups is 1. The molecule has 1 aromatic carbocycles. The number of thioether (sulfide) groups is 1. The van der Waals surface area contributed by atoms with Gasteiger partial charge >= 0.3 is 0 Å². The van der Waals surface area contributed by atoms with Gasteiger partial charge in [-0.15, -0.1) is 11.8 Å². The monoisotopic (exact) mass is 321 g/mol. The summed E-state index contributed by atoms with van der Waals surface area (Å²) in [6, 6.07) is 8.65. The normalized spacial score (nSPS) is 21.9. The predicted molar refractivity (Wildman–Crippen MR) is 94.9 cm³/mol. The molecule has 0 saturated carbocycles. The van der Waals surface area contributed by atoms with Crippen LogP contribution >= 0.6 is 11.8 Å². The number of nitrogens with one attached hydrogen (secondary N) is 2. The molecule has 1 heterocycles. The van der Waals surface area contributed by atoms with E-state index in [2.05, 4.69) is 53.7 Å². The van der Waals surface area contributed by atoms with Crippen molar-refractivity contribution in [1.82, 2.24) is 10.6 Å². The number of ether oxygens (including phenoxy) is 1. The molecule has 4 nitrogen and oxygen atoms in total.